The molecule has 0 spiro atoms. The summed E-state index contributed by atoms with van der Waals surface area (Å²) in [5, 5.41) is 7.98. The second-order valence-corrected chi connectivity index (χ2v) is 6.42. The van der Waals surface area contributed by atoms with E-state index in [4.69, 9.17) is 21.9 Å². The van der Waals surface area contributed by atoms with E-state index in [0.717, 1.165) is 23.3 Å². The number of nitrogens with two attached hydrogens (primary N) is 3. The van der Waals surface area contributed by atoms with E-state index in [1.165, 1.54) is 0 Å². The molecule has 2 aromatic rings. The predicted molar refractivity (Wildman–Crippen MR) is 100 cm³/mol. The van der Waals surface area contributed by atoms with E-state index in [-0.39, 0.29) is 5.96 Å². The Kier molecular flexibility index (Phi) is 4.72. The molecule has 3 rings (SSSR count). The van der Waals surface area contributed by atoms with Gasteiger partial charge in [0, 0.05) is 5.56 Å². The van der Waals surface area contributed by atoms with Crippen LogP contribution in [0, 0.1) is 5.92 Å². The van der Waals surface area contributed by atoms with E-state index < -0.39 is 5.54 Å². The fraction of sp³-hybridized carbons (Fsp3) is 0.263. The summed E-state index contributed by atoms with van der Waals surface area (Å²) in [7, 11) is 0. The van der Waals surface area contributed by atoms with Gasteiger partial charge in [0.15, 0.2) is 0 Å². The van der Waals surface area contributed by atoms with Gasteiger partial charge in [-0.1, -0.05) is 37.3 Å². The van der Waals surface area contributed by atoms with Gasteiger partial charge in [0.2, 0.25) is 5.96 Å². The standard InChI is InChI=1S/C19H23N5O/c1-13-11-19(13,22)17(23-24-18(20)21)15-7-9-16(10-8-15)25-12-14-5-3-2-4-6-14/h2-10,13H,11-12,22H2,1H3,(H4,20,21,24)/b23-17-. The molecule has 130 valence electrons. The average Bonchev–Trinajstić information content (AvgIpc) is 3.22. The van der Waals surface area contributed by atoms with Gasteiger partial charge < -0.3 is 21.9 Å². The molecule has 6 nitrogen and oxygen atoms in total. The lowest BCUT2D eigenvalue weighted by Gasteiger charge is -2.14. The highest BCUT2D eigenvalue weighted by atomic mass is 16.5. The molecule has 1 saturated carbocycles. The maximum Gasteiger partial charge on any atom is 0.211 e. The van der Waals surface area contributed by atoms with Crippen LogP contribution < -0.4 is 21.9 Å². The van der Waals surface area contributed by atoms with Crippen LogP contribution in [0.3, 0.4) is 0 Å². The van der Waals surface area contributed by atoms with Crippen molar-refractivity contribution in [2.75, 3.05) is 0 Å². The van der Waals surface area contributed by atoms with Crippen molar-refractivity contribution in [2.24, 2.45) is 33.3 Å². The van der Waals surface area contributed by atoms with E-state index in [2.05, 4.69) is 17.1 Å². The SMILES string of the molecule is CC1CC1(N)/C(=N\N=C(N)N)c1ccc(OCc2ccccc2)cc1. The molecule has 0 aromatic heterocycles. The summed E-state index contributed by atoms with van der Waals surface area (Å²) in [6, 6.07) is 17.7. The molecule has 6 heteroatoms. The zero-order chi connectivity index (χ0) is 17.9. The minimum Gasteiger partial charge on any atom is -0.489 e. The summed E-state index contributed by atoms with van der Waals surface area (Å²) in [6.07, 6.45) is 0.859. The lowest BCUT2D eigenvalue weighted by atomic mass is 10.0. The fourth-order valence-electron chi connectivity index (χ4n) is 2.76. The summed E-state index contributed by atoms with van der Waals surface area (Å²) >= 11 is 0. The number of hydrogen-bond donors (Lipinski definition) is 3. The topological polar surface area (TPSA) is 112 Å². The summed E-state index contributed by atoms with van der Waals surface area (Å²) in [6.45, 7) is 2.61. The highest BCUT2D eigenvalue weighted by molar-refractivity contribution is 6.09. The molecule has 6 N–H and O–H groups in total. The number of ether oxygens (including phenoxy) is 1. The fourth-order valence-corrected chi connectivity index (χ4v) is 2.76. The van der Waals surface area contributed by atoms with Gasteiger partial charge >= 0.3 is 0 Å². The van der Waals surface area contributed by atoms with Crippen molar-refractivity contribution in [1.82, 2.24) is 0 Å². The van der Waals surface area contributed by atoms with Crippen molar-refractivity contribution in [3.05, 3.63) is 65.7 Å². The van der Waals surface area contributed by atoms with Crippen molar-refractivity contribution in [3.63, 3.8) is 0 Å². The van der Waals surface area contributed by atoms with Gasteiger partial charge in [-0.05, 0) is 42.2 Å². The number of hydrogen-bond acceptors (Lipinski definition) is 4. The zero-order valence-corrected chi connectivity index (χ0v) is 14.2. The Morgan fingerprint density at radius 2 is 1.72 bits per heavy atom. The van der Waals surface area contributed by atoms with E-state index in [1.807, 2.05) is 54.6 Å². The lowest BCUT2D eigenvalue weighted by Crippen LogP contribution is -2.36. The molecule has 0 saturated heterocycles. The Balaban J connectivity index is 1.75. The van der Waals surface area contributed by atoms with Crippen molar-refractivity contribution >= 4 is 11.7 Å². The Bertz CT molecular complexity index is 781. The van der Waals surface area contributed by atoms with Crippen LogP contribution in [-0.2, 0) is 6.61 Å². The maximum atomic E-state index is 6.41. The molecule has 1 aliphatic carbocycles. The molecular formula is C19H23N5O. The summed E-state index contributed by atoms with van der Waals surface area (Å²) < 4.78 is 5.81. The first kappa shape index (κ1) is 17.0. The van der Waals surface area contributed by atoms with Crippen LogP contribution in [0.25, 0.3) is 0 Å². The Morgan fingerprint density at radius 3 is 2.28 bits per heavy atom. The third-order valence-electron chi connectivity index (χ3n) is 4.45. The summed E-state index contributed by atoms with van der Waals surface area (Å²) in [5.41, 5.74) is 19.4. The van der Waals surface area contributed by atoms with E-state index in [0.29, 0.717) is 18.2 Å². The number of guanidine groups is 1. The second kappa shape index (κ2) is 6.94. The number of nitrogens with zero attached hydrogens (tertiary/aromatic N) is 2. The van der Waals surface area contributed by atoms with Gasteiger partial charge in [0.25, 0.3) is 0 Å². The van der Waals surface area contributed by atoms with Gasteiger partial charge in [-0.3, -0.25) is 0 Å². The molecule has 2 aromatic carbocycles. The highest BCUT2D eigenvalue weighted by Crippen LogP contribution is 2.43. The molecule has 0 amide bonds. The smallest absolute Gasteiger partial charge is 0.211 e. The number of benzene rings is 2. The lowest BCUT2D eigenvalue weighted by molar-refractivity contribution is 0.306. The molecule has 0 radical (unpaired) electrons. The van der Waals surface area contributed by atoms with Gasteiger partial charge in [0.05, 0.1) is 11.3 Å². The monoisotopic (exact) mass is 337 g/mol. The van der Waals surface area contributed by atoms with Crippen molar-refractivity contribution in [3.8, 4) is 5.75 Å². The quantitative estimate of drug-likeness (QED) is 0.425. The van der Waals surface area contributed by atoms with Crippen LogP contribution in [0.2, 0.25) is 0 Å². The minimum absolute atomic E-state index is 0.0859. The third kappa shape index (κ3) is 3.97. The van der Waals surface area contributed by atoms with Crippen LogP contribution in [0.4, 0.5) is 0 Å². The van der Waals surface area contributed by atoms with Gasteiger partial charge in [-0.2, -0.15) is 0 Å². The molecule has 25 heavy (non-hydrogen) atoms. The molecule has 1 fully saturated rings. The normalized spacial score (nSPS) is 22.3. The predicted octanol–water partition coefficient (Wildman–Crippen LogP) is 1.98. The first-order chi connectivity index (χ1) is 12.0. The molecule has 0 heterocycles. The molecule has 1 aliphatic rings. The zero-order valence-electron chi connectivity index (χ0n) is 14.2. The Morgan fingerprint density at radius 1 is 1.08 bits per heavy atom. The van der Waals surface area contributed by atoms with Gasteiger partial charge in [0.1, 0.15) is 12.4 Å². The van der Waals surface area contributed by atoms with Crippen molar-refractivity contribution in [1.29, 1.82) is 0 Å². The molecular weight excluding hydrogens is 314 g/mol. The Hall–Kier alpha value is -2.86. The van der Waals surface area contributed by atoms with Gasteiger partial charge in [-0.25, -0.2) is 0 Å². The Labute approximate surface area is 147 Å². The van der Waals surface area contributed by atoms with E-state index in [9.17, 15) is 0 Å². The first-order valence-corrected chi connectivity index (χ1v) is 8.22. The van der Waals surface area contributed by atoms with Crippen LogP contribution >= 0.6 is 0 Å². The summed E-state index contributed by atoms with van der Waals surface area (Å²) in [4.78, 5) is 0. The van der Waals surface area contributed by atoms with Crippen molar-refractivity contribution < 1.29 is 4.74 Å². The molecule has 2 atom stereocenters. The largest absolute Gasteiger partial charge is 0.489 e. The third-order valence-corrected chi connectivity index (χ3v) is 4.45. The summed E-state index contributed by atoms with van der Waals surface area (Å²) in [5.74, 6) is 1.04. The number of rotatable bonds is 6. The van der Waals surface area contributed by atoms with Crippen LogP contribution in [0.5, 0.6) is 5.75 Å². The second-order valence-electron chi connectivity index (χ2n) is 6.42. The molecule has 0 aliphatic heterocycles. The van der Waals surface area contributed by atoms with E-state index in [1.54, 1.807) is 0 Å². The van der Waals surface area contributed by atoms with E-state index >= 15 is 0 Å². The molecule has 2 unspecified atom stereocenters. The van der Waals surface area contributed by atoms with Crippen LogP contribution in [-0.4, -0.2) is 17.2 Å². The highest BCUT2D eigenvalue weighted by Gasteiger charge is 2.52. The molecule has 0 bridgehead atoms. The average molecular weight is 337 g/mol. The van der Waals surface area contributed by atoms with Gasteiger partial charge in [-0.15, -0.1) is 10.2 Å². The van der Waals surface area contributed by atoms with Crippen LogP contribution in [0.1, 0.15) is 24.5 Å². The first-order valence-electron chi connectivity index (χ1n) is 8.22. The van der Waals surface area contributed by atoms with Crippen LogP contribution in [0.15, 0.2) is 64.8 Å². The van der Waals surface area contributed by atoms with Crippen molar-refractivity contribution in [2.45, 2.75) is 25.5 Å². The minimum atomic E-state index is -0.481. The maximum absolute atomic E-state index is 6.41.